The summed E-state index contributed by atoms with van der Waals surface area (Å²) in [6.45, 7) is 8.13. The van der Waals surface area contributed by atoms with Gasteiger partial charge in [-0.15, -0.1) is 0 Å². The summed E-state index contributed by atoms with van der Waals surface area (Å²) in [5.74, 6) is 0.458. The van der Waals surface area contributed by atoms with Gasteiger partial charge in [0.1, 0.15) is 5.82 Å². The molecule has 0 bridgehead atoms. The first kappa shape index (κ1) is 18.7. The molecule has 0 radical (unpaired) electrons. The van der Waals surface area contributed by atoms with Gasteiger partial charge in [-0.25, -0.2) is 4.39 Å². The van der Waals surface area contributed by atoms with Crippen LogP contribution < -0.4 is 4.90 Å². The summed E-state index contributed by atoms with van der Waals surface area (Å²) in [4.78, 5) is 16.8. The van der Waals surface area contributed by atoms with Crippen molar-refractivity contribution >= 4 is 11.6 Å². The van der Waals surface area contributed by atoms with Crippen LogP contribution in [0.2, 0.25) is 0 Å². The van der Waals surface area contributed by atoms with E-state index in [-0.39, 0.29) is 11.8 Å². The van der Waals surface area contributed by atoms with E-state index in [9.17, 15) is 9.18 Å². The molecule has 3 rings (SSSR count). The second-order valence-corrected chi connectivity index (χ2v) is 7.57. The molecule has 2 unspecified atom stereocenters. The van der Waals surface area contributed by atoms with E-state index in [0.29, 0.717) is 55.9 Å². The number of benzene rings is 1. The summed E-state index contributed by atoms with van der Waals surface area (Å²) in [6.07, 6.45) is 0.724. The van der Waals surface area contributed by atoms with E-state index in [0.717, 1.165) is 13.0 Å². The minimum absolute atomic E-state index is 0.115. The quantitative estimate of drug-likeness (QED) is 0.833. The molecule has 2 fully saturated rings. The summed E-state index contributed by atoms with van der Waals surface area (Å²) in [6, 6.07) is 6.45. The van der Waals surface area contributed by atoms with Gasteiger partial charge in [0.25, 0.3) is 0 Å². The molecular weight excluding hydrogens is 333 g/mol. The van der Waals surface area contributed by atoms with Crippen molar-refractivity contribution in [2.75, 3.05) is 44.3 Å². The fourth-order valence-corrected chi connectivity index (χ4v) is 3.71. The highest BCUT2D eigenvalue weighted by molar-refractivity contribution is 5.80. The second kappa shape index (κ2) is 8.05. The fraction of sp³-hybridized carbons (Fsp3) is 0.600. The average molecular weight is 359 g/mol. The molecule has 6 heteroatoms. The van der Waals surface area contributed by atoms with Crippen molar-refractivity contribution in [3.63, 3.8) is 0 Å². The molecule has 26 heavy (non-hydrogen) atoms. The molecule has 0 saturated carbocycles. The first-order valence-corrected chi connectivity index (χ1v) is 9.30. The van der Waals surface area contributed by atoms with Gasteiger partial charge in [0.2, 0.25) is 5.91 Å². The van der Waals surface area contributed by atoms with Crippen LogP contribution in [0, 0.1) is 34.9 Å². The Morgan fingerprint density at radius 1 is 1.35 bits per heavy atom. The summed E-state index contributed by atoms with van der Waals surface area (Å²) in [5, 5.41) is 8.87. The number of rotatable bonds is 3. The van der Waals surface area contributed by atoms with Crippen LogP contribution in [0.15, 0.2) is 18.2 Å². The lowest BCUT2D eigenvalue weighted by atomic mass is 9.95. The van der Waals surface area contributed by atoms with Crippen molar-refractivity contribution in [1.82, 2.24) is 4.90 Å². The molecule has 140 valence electrons. The van der Waals surface area contributed by atoms with Crippen LogP contribution in [0.25, 0.3) is 0 Å². The number of anilines is 1. The van der Waals surface area contributed by atoms with Crippen molar-refractivity contribution in [3.05, 3.63) is 29.6 Å². The zero-order valence-electron chi connectivity index (χ0n) is 15.4. The Balaban J connectivity index is 1.66. The predicted octanol–water partition coefficient (Wildman–Crippen LogP) is 2.65. The number of nitrogens with zero attached hydrogens (tertiary/aromatic N) is 3. The van der Waals surface area contributed by atoms with Gasteiger partial charge in [-0.1, -0.05) is 13.8 Å². The van der Waals surface area contributed by atoms with E-state index in [4.69, 9.17) is 10.00 Å². The molecule has 2 saturated heterocycles. The molecule has 0 aromatic heterocycles. The van der Waals surface area contributed by atoms with Crippen LogP contribution in [0.3, 0.4) is 0 Å². The third-order valence-corrected chi connectivity index (χ3v) is 5.50. The zero-order valence-corrected chi connectivity index (χ0v) is 15.4. The van der Waals surface area contributed by atoms with Gasteiger partial charge in [0, 0.05) is 32.1 Å². The van der Waals surface area contributed by atoms with Gasteiger partial charge < -0.3 is 14.5 Å². The highest BCUT2D eigenvalue weighted by Crippen LogP contribution is 2.28. The van der Waals surface area contributed by atoms with Crippen LogP contribution in [-0.2, 0) is 9.53 Å². The van der Waals surface area contributed by atoms with Crippen molar-refractivity contribution in [1.29, 1.82) is 5.26 Å². The normalized spacial score (nSPS) is 23.8. The van der Waals surface area contributed by atoms with Gasteiger partial charge in [-0.3, -0.25) is 4.79 Å². The molecule has 1 aromatic rings. The first-order chi connectivity index (χ1) is 12.5. The smallest absolute Gasteiger partial charge is 0.227 e. The predicted molar refractivity (Wildman–Crippen MR) is 97.2 cm³/mol. The molecule has 1 aromatic carbocycles. The Labute approximate surface area is 154 Å². The van der Waals surface area contributed by atoms with Gasteiger partial charge in [-0.2, -0.15) is 5.26 Å². The van der Waals surface area contributed by atoms with E-state index in [2.05, 4.69) is 13.8 Å². The summed E-state index contributed by atoms with van der Waals surface area (Å²) >= 11 is 0. The SMILES string of the molecule is CC(C)C1COCCN(C(=O)C2CCN(c3ccc(C#N)cc3F)C2)C1. The Kier molecular flexibility index (Phi) is 5.77. The molecule has 5 nitrogen and oxygen atoms in total. The van der Waals surface area contributed by atoms with Crippen molar-refractivity contribution in [2.45, 2.75) is 20.3 Å². The minimum Gasteiger partial charge on any atom is -0.379 e. The highest BCUT2D eigenvalue weighted by atomic mass is 19.1. The van der Waals surface area contributed by atoms with E-state index >= 15 is 0 Å². The largest absolute Gasteiger partial charge is 0.379 e. The Morgan fingerprint density at radius 2 is 2.15 bits per heavy atom. The number of hydrogen-bond donors (Lipinski definition) is 0. The Hall–Kier alpha value is -2.13. The molecule has 0 spiro atoms. The number of amides is 1. The summed E-state index contributed by atoms with van der Waals surface area (Å²) in [5.41, 5.74) is 0.779. The van der Waals surface area contributed by atoms with Gasteiger partial charge in [0.15, 0.2) is 0 Å². The number of nitriles is 1. The number of carbonyl (C=O) groups is 1. The molecule has 1 amide bonds. The van der Waals surface area contributed by atoms with Crippen LogP contribution >= 0.6 is 0 Å². The van der Waals surface area contributed by atoms with Crippen molar-refractivity contribution < 1.29 is 13.9 Å². The van der Waals surface area contributed by atoms with E-state index in [1.807, 2.05) is 15.9 Å². The van der Waals surface area contributed by atoms with Gasteiger partial charge in [-0.05, 0) is 30.5 Å². The zero-order chi connectivity index (χ0) is 18.7. The molecule has 2 atom stereocenters. The first-order valence-electron chi connectivity index (χ1n) is 9.30. The van der Waals surface area contributed by atoms with Crippen LogP contribution in [-0.4, -0.2) is 50.2 Å². The van der Waals surface area contributed by atoms with Crippen molar-refractivity contribution in [3.8, 4) is 6.07 Å². The number of ether oxygens (including phenoxy) is 1. The van der Waals surface area contributed by atoms with Crippen LogP contribution in [0.5, 0.6) is 0 Å². The lowest BCUT2D eigenvalue weighted by Crippen LogP contribution is -2.41. The topological polar surface area (TPSA) is 56.6 Å². The maximum atomic E-state index is 14.3. The monoisotopic (exact) mass is 359 g/mol. The third-order valence-electron chi connectivity index (χ3n) is 5.50. The summed E-state index contributed by atoms with van der Waals surface area (Å²) < 4.78 is 19.9. The van der Waals surface area contributed by atoms with Gasteiger partial charge in [0.05, 0.1) is 36.5 Å². The lowest BCUT2D eigenvalue weighted by molar-refractivity contribution is -0.135. The fourth-order valence-electron chi connectivity index (χ4n) is 3.71. The lowest BCUT2D eigenvalue weighted by Gasteiger charge is -2.28. The maximum absolute atomic E-state index is 14.3. The van der Waals surface area contributed by atoms with E-state index in [1.54, 1.807) is 12.1 Å². The molecule has 2 aliphatic heterocycles. The number of hydrogen-bond acceptors (Lipinski definition) is 4. The van der Waals surface area contributed by atoms with E-state index in [1.165, 1.54) is 6.07 Å². The summed E-state index contributed by atoms with van der Waals surface area (Å²) in [7, 11) is 0. The number of halogens is 1. The highest BCUT2D eigenvalue weighted by Gasteiger charge is 2.34. The van der Waals surface area contributed by atoms with Crippen LogP contribution in [0.4, 0.5) is 10.1 Å². The maximum Gasteiger partial charge on any atom is 0.227 e. The third kappa shape index (κ3) is 3.99. The Bertz CT molecular complexity index is 701. The molecule has 0 aliphatic carbocycles. The average Bonchev–Trinajstić information content (AvgIpc) is 2.97. The number of carbonyl (C=O) groups excluding carboxylic acids is 1. The van der Waals surface area contributed by atoms with E-state index < -0.39 is 5.82 Å². The minimum atomic E-state index is -0.403. The Morgan fingerprint density at radius 3 is 2.85 bits per heavy atom. The molecular formula is C20H26FN3O2. The molecule has 0 N–H and O–H groups in total. The van der Waals surface area contributed by atoms with Crippen molar-refractivity contribution in [2.24, 2.45) is 17.8 Å². The second-order valence-electron chi connectivity index (χ2n) is 7.57. The molecule has 2 aliphatic rings. The van der Waals surface area contributed by atoms with Gasteiger partial charge >= 0.3 is 0 Å². The van der Waals surface area contributed by atoms with Crippen LogP contribution in [0.1, 0.15) is 25.8 Å². The molecule has 2 heterocycles. The standard InChI is InChI=1S/C20H26FN3O2/c1-14(2)17-12-24(7-8-26-13-17)20(25)16-5-6-23(11-16)19-4-3-15(10-22)9-18(19)21/h3-4,9,14,16-17H,5-8,11-13H2,1-2H3.